The Kier molecular flexibility index (Phi) is 6.06. The lowest BCUT2D eigenvalue weighted by Gasteiger charge is -2.21. The van der Waals surface area contributed by atoms with Crippen molar-refractivity contribution < 1.29 is 9.53 Å². The standard InChI is InChI=1S/C17H25NO2/c1-2-3-4-14-5-7-16(8-6-14)18-17(19)13-15-9-11-20-12-10-15/h5-8,15H,2-4,9-13H2,1H3,(H,18,19). The van der Waals surface area contributed by atoms with Crippen LogP contribution in [0.3, 0.4) is 0 Å². The highest BCUT2D eigenvalue weighted by molar-refractivity contribution is 5.90. The second-order valence-electron chi connectivity index (χ2n) is 5.61. The van der Waals surface area contributed by atoms with Gasteiger partial charge in [0, 0.05) is 25.3 Å². The summed E-state index contributed by atoms with van der Waals surface area (Å²) in [7, 11) is 0. The zero-order valence-electron chi connectivity index (χ0n) is 12.4. The number of amides is 1. The maximum atomic E-state index is 12.0. The number of rotatable bonds is 6. The number of nitrogens with one attached hydrogen (secondary N) is 1. The molecule has 0 radical (unpaired) electrons. The van der Waals surface area contributed by atoms with Crippen molar-refractivity contribution in [2.24, 2.45) is 5.92 Å². The first-order valence-corrected chi connectivity index (χ1v) is 7.74. The van der Waals surface area contributed by atoms with Crippen LogP contribution in [0.1, 0.15) is 44.6 Å². The normalized spacial score (nSPS) is 16.1. The third-order valence-electron chi connectivity index (χ3n) is 3.87. The van der Waals surface area contributed by atoms with E-state index < -0.39 is 0 Å². The lowest BCUT2D eigenvalue weighted by molar-refractivity contribution is -0.117. The fourth-order valence-electron chi connectivity index (χ4n) is 2.56. The smallest absolute Gasteiger partial charge is 0.224 e. The molecular weight excluding hydrogens is 250 g/mol. The fraction of sp³-hybridized carbons (Fsp3) is 0.588. The highest BCUT2D eigenvalue weighted by Gasteiger charge is 2.17. The molecule has 20 heavy (non-hydrogen) atoms. The maximum Gasteiger partial charge on any atom is 0.224 e. The Hall–Kier alpha value is -1.35. The number of unbranched alkanes of at least 4 members (excludes halogenated alkanes) is 1. The van der Waals surface area contributed by atoms with Gasteiger partial charge in [0.1, 0.15) is 0 Å². The van der Waals surface area contributed by atoms with Gasteiger partial charge in [-0.2, -0.15) is 0 Å². The molecule has 0 aliphatic carbocycles. The molecule has 0 unspecified atom stereocenters. The van der Waals surface area contributed by atoms with Crippen LogP contribution in [0.2, 0.25) is 0 Å². The highest BCUT2D eigenvalue weighted by Crippen LogP contribution is 2.19. The van der Waals surface area contributed by atoms with Gasteiger partial charge in [-0.05, 0) is 49.3 Å². The molecule has 1 aliphatic heterocycles. The predicted molar refractivity (Wildman–Crippen MR) is 81.8 cm³/mol. The van der Waals surface area contributed by atoms with Crippen molar-refractivity contribution in [3.63, 3.8) is 0 Å². The van der Waals surface area contributed by atoms with Gasteiger partial charge in [-0.15, -0.1) is 0 Å². The minimum absolute atomic E-state index is 0.123. The third kappa shape index (κ3) is 4.97. The third-order valence-corrected chi connectivity index (χ3v) is 3.87. The second-order valence-corrected chi connectivity index (χ2v) is 5.61. The number of carbonyl (C=O) groups is 1. The van der Waals surface area contributed by atoms with Gasteiger partial charge in [0.05, 0.1) is 0 Å². The summed E-state index contributed by atoms with van der Waals surface area (Å²) in [6.45, 7) is 3.79. The van der Waals surface area contributed by atoms with Crippen LogP contribution in [-0.4, -0.2) is 19.1 Å². The number of hydrogen-bond donors (Lipinski definition) is 1. The molecule has 0 aromatic heterocycles. The molecule has 0 saturated carbocycles. The van der Waals surface area contributed by atoms with Gasteiger partial charge in [0.15, 0.2) is 0 Å². The first kappa shape index (κ1) is 15.0. The first-order chi connectivity index (χ1) is 9.78. The van der Waals surface area contributed by atoms with E-state index in [1.54, 1.807) is 0 Å². The molecule has 0 spiro atoms. The van der Waals surface area contributed by atoms with E-state index in [2.05, 4.69) is 24.4 Å². The van der Waals surface area contributed by atoms with Crippen LogP contribution in [-0.2, 0) is 16.0 Å². The SMILES string of the molecule is CCCCc1ccc(NC(=O)CC2CCOCC2)cc1. The topological polar surface area (TPSA) is 38.3 Å². The minimum Gasteiger partial charge on any atom is -0.381 e. The lowest BCUT2D eigenvalue weighted by Crippen LogP contribution is -2.22. The summed E-state index contributed by atoms with van der Waals surface area (Å²) in [6.07, 6.45) is 6.17. The molecule has 1 saturated heterocycles. The van der Waals surface area contributed by atoms with Crippen molar-refractivity contribution >= 4 is 11.6 Å². The Morgan fingerprint density at radius 1 is 1.25 bits per heavy atom. The molecule has 1 aromatic carbocycles. The number of benzene rings is 1. The summed E-state index contributed by atoms with van der Waals surface area (Å²) < 4.78 is 5.31. The minimum atomic E-state index is 0.123. The van der Waals surface area contributed by atoms with Crippen LogP contribution in [0.5, 0.6) is 0 Å². The van der Waals surface area contributed by atoms with E-state index in [0.29, 0.717) is 12.3 Å². The molecule has 0 atom stereocenters. The van der Waals surface area contributed by atoms with Gasteiger partial charge in [-0.3, -0.25) is 4.79 Å². The van der Waals surface area contributed by atoms with Gasteiger partial charge >= 0.3 is 0 Å². The molecule has 3 nitrogen and oxygen atoms in total. The van der Waals surface area contributed by atoms with E-state index in [1.165, 1.54) is 18.4 Å². The lowest BCUT2D eigenvalue weighted by atomic mass is 9.96. The highest BCUT2D eigenvalue weighted by atomic mass is 16.5. The molecule has 0 bridgehead atoms. The Labute approximate surface area is 121 Å². The van der Waals surface area contributed by atoms with E-state index in [1.807, 2.05) is 12.1 Å². The summed E-state index contributed by atoms with van der Waals surface area (Å²) in [5.41, 5.74) is 2.25. The van der Waals surface area contributed by atoms with E-state index >= 15 is 0 Å². The Morgan fingerprint density at radius 3 is 2.60 bits per heavy atom. The van der Waals surface area contributed by atoms with E-state index in [9.17, 15) is 4.79 Å². The molecule has 1 fully saturated rings. The molecule has 1 heterocycles. The molecule has 1 aromatic rings. The van der Waals surface area contributed by atoms with Crippen molar-refractivity contribution in [3.05, 3.63) is 29.8 Å². The number of carbonyl (C=O) groups excluding carboxylic acids is 1. The molecule has 3 heteroatoms. The van der Waals surface area contributed by atoms with Gasteiger partial charge in [-0.25, -0.2) is 0 Å². The maximum absolute atomic E-state index is 12.0. The van der Waals surface area contributed by atoms with E-state index in [4.69, 9.17) is 4.74 Å². The second kappa shape index (κ2) is 8.05. The van der Waals surface area contributed by atoms with Crippen molar-refractivity contribution in [3.8, 4) is 0 Å². The van der Waals surface area contributed by atoms with Crippen LogP contribution in [0.15, 0.2) is 24.3 Å². The molecule has 110 valence electrons. The molecule has 1 N–H and O–H groups in total. The Balaban J connectivity index is 1.78. The molecular formula is C17H25NO2. The van der Waals surface area contributed by atoms with Crippen LogP contribution < -0.4 is 5.32 Å². The van der Waals surface area contributed by atoms with Gasteiger partial charge in [0.25, 0.3) is 0 Å². The van der Waals surface area contributed by atoms with Crippen LogP contribution >= 0.6 is 0 Å². The molecule has 2 rings (SSSR count). The Morgan fingerprint density at radius 2 is 1.95 bits per heavy atom. The quantitative estimate of drug-likeness (QED) is 0.858. The average molecular weight is 275 g/mol. The van der Waals surface area contributed by atoms with Gasteiger partial charge in [-0.1, -0.05) is 25.5 Å². The number of aryl methyl sites for hydroxylation is 1. The Bertz CT molecular complexity index is 408. The largest absolute Gasteiger partial charge is 0.381 e. The summed E-state index contributed by atoms with van der Waals surface area (Å²) >= 11 is 0. The van der Waals surface area contributed by atoms with Crippen molar-refractivity contribution in [1.82, 2.24) is 0 Å². The van der Waals surface area contributed by atoms with Gasteiger partial charge in [0.2, 0.25) is 5.91 Å². The van der Waals surface area contributed by atoms with Crippen LogP contribution in [0.4, 0.5) is 5.69 Å². The van der Waals surface area contributed by atoms with Crippen molar-refractivity contribution in [2.45, 2.75) is 45.4 Å². The van der Waals surface area contributed by atoms with Crippen LogP contribution in [0.25, 0.3) is 0 Å². The predicted octanol–water partition coefficient (Wildman–Crippen LogP) is 3.78. The summed E-state index contributed by atoms with van der Waals surface area (Å²) in [6, 6.07) is 8.24. The van der Waals surface area contributed by atoms with E-state index in [0.717, 1.165) is 38.2 Å². The number of anilines is 1. The summed E-state index contributed by atoms with van der Waals surface area (Å²) in [5, 5.41) is 2.99. The summed E-state index contributed by atoms with van der Waals surface area (Å²) in [4.78, 5) is 12.0. The van der Waals surface area contributed by atoms with Crippen LogP contribution in [0, 0.1) is 5.92 Å². The zero-order chi connectivity index (χ0) is 14.2. The number of hydrogen-bond acceptors (Lipinski definition) is 2. The monoisotopic (exact) mass is 275 g/mol. The van der Waals surface area contributed by atoms with Gasteiger partial charge < -0.3 is 10.1 Å². The zero-order valence-corrected chi connectivity index (χ0v) is 12.4. The summed E-state index contributed by atoms with van der Waals surface area (Å²) in [5.74, 6) is 0.603. The average Bonchev–Trinajstić information content (AvgIpc) is 2.47. The van der Waals surface area contributed by atoms with Crippen molar-refractivity contribution in [1.29, 1.82) is 0 Å². The number of ether oxygens (including phenoxy) is 1. The first-order valence-electron chi connectivity index (χ1n) is 7.74. The van der Waals surface area contributed by atoms with E-state index in [-0.39, 0.29) is 5.91 Å². The molecule has 1 amide bonds. The van der Waals surface area contributed by atoms with Crippen molar-refractivity contribution in [2.75, 3.05) is 18.5 Å². The fourth-order valence-corrected chi connectivity index (χ4v) is 2.56. The molecule has 1 aliphatic rings.